The highest BCUT2D eigenvalue weighted by atomic mass is 19.1. The molecule has 0 aromatic carbocycles. The Morgan fingerprint density at radius 3 is 2.44 bits per heavy atom. The number of hydrogen-bond acceptors (Lipinski definition) is 1. The minimum Gasteiger partial charge on any atom is -0.285 e. The number of hydrogen-bond donors (Lipinski definition) is 1. The molecule has 0 bridgehead atoms. The van der Waals surface area contributed by atoms with Crippen LogP contribution in [0, 0.1) is 5.92 Å². The van der Waals surface area contributed by atoms with Crippen molar-refractivity contribution in [1.82, 2.24) is 5.32 Å². The van der Waals surface area contributed by atoms with Crippen molar-refractivity contribution in [2.24, 2.45) is 5.92 Å². The van der Waals surface area contributed by atoms with Crippen molar-refractivity contribution in [3.8, 4) is 0 Å². The van der Waals surface area contributed by atoms with Crippen LogP contribution in [0.25, 0.3) is 0 Å². The first-order valence-corrected chi connectivity index (χ1v) is 3.60. The van der Waals surface area contributed by atoms with E-state index in [4.69, 9.17) is 0 Å². The van der Waals surface area contributed by atoms with Crippen molar-refractivity contribution in [1.29, 1.82) is 0 Å². The van der Waals surface area contributed by atoms with Gasteiger partial charge in [0.2, 0.25) is 0 Å². The summed E-state index contributed by atoms with van der Waals surface area (Å²) in [7, 11) is 0. The van der Waals surface area contributed by atoms with Crippen molar-refractivity contribution >= 4 is 0 Å². The Balaban J connectivity index is 2.35. The quantitative estimate of drug-likeness (QED) is 0.493. The highest BCUT2D eigenvalue weighted by Crippen LogP contribution is 2.19. The fraction of sp³-hybridized carbons (Fsp3) is 1.00. The van der Waals surface area contributed by atoms with Gasteiger partial charge in [-0.25, -0.2) is 4.39 Å². The zero-order valence-corrected chi connectivity index (χ0v) is 6.02. The summed E-state index contributed by atoms with van der Waals surface area (Å²) in [5, 5.41) is 2.86. The van der Waals surface area contributed by atoms with Crippen LogP contribution in [0.1, 0.15) is 26.7 Å². The molecule has 3 unspecified atom stereocenters. The smallest absolute Gasteiger partial charge is 0.153 e. The van der Waals surface area contributed by atoms with Crippen molar-refractivity contribution in [3.63, 3.8) is 0 Å². The van der Waals surface area contributed by atoms with E-state index >= 15 is 0 Å². The van der Waals surface area contributed by atoms with Gasteiger partial charge in [0.05, 0.1) is 0 Å². The molecule has 1 heterocycles. The van der Waals surface area contributed by atoms with Gasteiger partial charge in [0.15, 0.2) is 6.30 Å². The lowest BCUT2D eigenvalue weighted by Crippen LogP contribution is -2.42. The summed E-state index contributed by atoms with van der Waals surface area (Å²) in [6.07, 6.45) is 1.37. The number of alkyl halides is 1. The minimum absolute atomic E-state index is 0.209. The number of nitrogens with one attached hydrogen (secondary N) is 1. The maximum absolute atomic E-state index is 12.7. The Kier molecular flexibility index (Phi) is 2.06. The van der Waals surface area contributed by atoms with Crippen LogP contribution in [-0.2, 0) is 0 Å². The van der Waals surface area contributed by atoms with E-state index < -0.39 is 6.30 Å². The first-order chi connectivity index (χ1) is 4.20. The highest BCUT2D eigenvalue weighted by molar-refractivity contribution is 4.75. The summed E-state index contributed by atoms with van der Waals surface area (Å²) in [4.78, 5) is 0. The van der Waals surface area contributed by atoms with Gasteiger partial charge in [-0.2, -0.15) is 0 Å². The minimum atomic E-state index is -0.770. The lowest BCUT2D eigenvalue weighted by atomic mass is 9.96. The van der Waals surface area contributed by atoms with Crippen LogP contribution in [0.5, 0.6) is 0 Å². The van der Waals surface area contributed by atoms with Crippen LogP contribution in [0.15, 0.2) is 0 Å². The van der Waals surface area contributed by atoms with Gasteiger partial charge < -0.3 is 0 Å². The van der Waals surface area contributed by atoms with Gasteiger partial charge in [-0.15, -0.1) is 0 Å². The molecule has 0 aromatic heterocycles. The van der Waals surface area contributed by atoms with E-state index in [9.17, 15) is 4.39 Å². The molecule has 1 nitrogen and oxygen atoms in total. The van der Waals surface area contributed by atoms with E-state index in [0.29, 0.717) is 6.04 Å². The second-order valence-corrected chi connectivity index (χ2v) is 3.02. The lowest BCUT2D eigenvalue weighted by molar-refractivity contribution is 0.129. The zero-order chi connectivity index (χ0) is 6.85. The highest BCUT2D eigenvalue weighted by Gasteiger charge is 2.23. The molecular formula is C7H14FN. The lowest BCUT2D eigenvalue weighted by Gasteiger charge is -2.28. The van der Waals surface area contributed by atoms with Crippen LogP contribution >= 0.6 is 0 Å². The Labute approximate surface area is 55.6 Å². The van der Waals surface area contributed by atoms with Crippen molar-refractivity contribution in [2.45, 2.75) is 39.0 Å². The summed E-state index contributed by atoms with van der Waals surface area (Å²) in [6, 6.07) is 0.371. The van der Waals surface area contributed by atoms with Crippen molar-refractivity contribution < 1.29 is 4.39 Å². The third kappa shape index (κ3) is 1.65. The van der Waals surface area contributed by atoms with Gasteiger partial charge in [-0.1, -0.05) is 6.92 Å². The van der Waals surface area contributed by atoms with E-state index in [0.717, 1.165) is 12.8 Å². The normalized spacial score (nSPS) is 45.0. The molecule has 0 spiro atoms. The maximum Gasteiger partial charge on any atom is 0.153 e. The third-order valence-electron chi connectivity index (χ3n) is 2.00. The molecule has 0 amide bonds. The second-order valence-electron chi connectivity index (χ2n) is 3.02. The molecule has 0 aliphatic carbocycles. The molecule has 1 aliphatic rings. The first-order valence-electron chi connectivity index (χ1n) is 3.60. The van der Waals surface area contributed by atoms with Crippen LogP contribution in [0.2, 0.25) is 0 Å². The summed E-state index contributed by atoms with van der Waals surface area (Å²) in [5.41, 5.74) is 0. The largest absolute Gasteiger partial charge is 0.285 e. The average Bonchev–Trinajstić information content (AvgIpc) is 1.80. The van der Waals surface area contributed by atoms with Crippen LogP contribution in [0.3, 0.4) is 0 Å². The molecule has 2 heteroatoms. The van der Waals surface area contributed by atoms with Crippen molar-refractivity contribution in [3.05, 3.63) is 0 Å². The van der Waals surface area contributed by atoms with E-state index in [1.165, 1.54) is 0 Å². The summed E-state index contributed by atoms with van der Waals surface area (Å²) in [6.45, 7) is 3.97. The fourth-order valence-electron chi connectivity index (χ4n) is 1.18. The molecule has 3 atom stereocenters. The van der Waals surface area contributed by atoms with Crippen molar-refractivity contribution in [2.75, 3.05) is 0 Å². The Morgan fingerprint density at radius 2 is 2.00 bits per heavy atom. The average molecular weight is 131 g/mol. The standard InChI is InChI=1S/C7H14FN/c1-5-3-4-6(2)9-7(5)8/h5-7,9H,3-4H2,1-2H3. The SMILES string of the molecule is CC1CCC(C)C(F)N1. The molecule has 1 rings (SSSR count). The van der Waals surface area contributed by atoms with Gasteiger partial charge in [-0.05, 0) is 19.8 Å². The molecule has 1 N–H and O–H groups in total. The Morgan fingerprint density at radius 1 is 1.33 bits per heavy atom. The molecular weight excluding hydrogens is 117 g/mol. The number of halogens is 1. The number of rotatable bonds is 0. The molecule has 9 heavy (non-hydrogen) atoms. The molecule has 0 radical (unpaired) electrons. The maximum atomic E-state index is 12.7. The molecule has 1 fully saturated rings. The molecule has 0 saturated carbocycles. The Hall–Kier alpha value is -0.110. The fourth-order valence-corrected chi connectivity index (χ4v) is 1.18. The molecule has 1 saturated heterocycles. The van der Waals surface area contributed by atoms with Crippen LogP contribution < -0.4 is 5.32 Å². The van der Waals surface area contributed by atoms with E-state index in [-0.39, 0.29) is 5.92 Å². The van der Waals surface area contributed by atoms with Crippen LogP contribution in [0.4, 0.5) is 4.39 Å². The zero-order valence-electron chi connectivity index (χ0n) is 6.02. The van der Waals surface area contributed by atoms with Gasteiger partial charge in [-0.3, -0.25) is 5.32 Å². The van der Waals surface area contributed by atoms with Gasteiger partial charge in [0, 0.05) is 12.0 Å². The monoisotopic (exact) mass is 131 g/mol. The van der Waals surface area contributed by atoms with E-state index in [1.807, 2.05) is 13.8 Å². The molecule has 1 aliphatic heterocycles. The summed E-state index contributed by atoms with van der Waals surface area (Å²) >= 11 is 0. The Bertz CT molecular complexity index is 94.9. The second kappa shape index (κ2) is 2.65. The summed E-state index contributed by atoms with van der Waals surface area (Å²) in [5.74, 6) is 0.209. The summed E-state index contributed by atoms with van der Waals surface area (Å²) < 4.78 is 12.7. The van der Waals surface area contributed by atoms with Gasteiger partial charge in [0.1, 0.15) is 0 Å². The third-order valence-corrected chi connectivity index (χ3v) is 2.00. The number of piperidine rings is 1. The van der Waals surface area contributed by atoms with E-state index in [2.05, 4.69) is 5.32 Å². The van der Waals surface area contributed by atoms with Crippen LogP contribution in [-0.4, -0.2) is 12.3 Å². The van der Waals surface area contributed by atoms with Gasteiger partial charge in [0.25, 0.3) is 0 Å². The van der Waals surface area contributed by atoms with E-state index in [1.54, 1.807) is 0 Å². The molecule has 54 valence electrons. The molecule has 0 aromatic rings. The predicted molar refractivity (Wildman–Crippen MR) is 35.9 cm³/mol. The van der Waals surface area contributed by atoms with Gasteiger partial charge >= 0.3 is 0 Å². The first kappa shape index (κ1) is 7.00. The predicted octanol–water partition coefficient (Wildman–Crippen LogP) is 1.69. The topological polar surface area (TPSA) is 12.0 Å².